The number of amides is 2. The quantitative estimate of drug-likeness (QED) is 0.718. The summed E-state index contributed by atoms with van der Waals surface area (Å²) in [4.78, 5) is 29.4. The van der Waals surface area contributed by atoms with E-state index in [4.69, 9.17) is 10.5 Å². The molecule has 0 radical (unpaired) electrons. The van der Waals surface area contributed by atoms with Crippen LogP contribution in [-0.2, 0) is 4.74 Å². The standard InChI is InChI=1S/C22H23N3O3S/c1-24(2)15-9-7-14(8-10-15)22(27)25-11-12-28-17(13-25)19-16-5-3-4-6-18(16)29-20(19)21(23)26/h3-10,17H,11-13H2,1-2H3,(H2,23,26)/t17-/m0/s1. The molecule has 1 fully saturated rings. The van der Waals surface area contributed by atoms with Gasteiger partial charge >= 0.3 is 0 Å². The molecule has 1 aliphatic heterocycles. The Hall–Kier alpha value is -2.90. The summed E-state index contributed by atoms with van der Waals surface area (Å²) in [6.07, 6.45) is -0.382. The number of carbonyl (C=O) groups excluding carboxylic acids is 2. The van der Waals surface area contributed by atoms with Crippen LogP contribution < -0.4 is 10.6 Å². The molecule has 4 rings (SSSR count). The van der Waals surface area contributed by atoms with Crippen LogP contribution in [0.3, 0.4) is 0 Å². The van der Waals surface area contributed by atoms with Crippen molar-refractivity contribution in [3.05, 3.63) is 64.5 Å². The molecule has 3 aromatic rings. The lowest BCUT2D eigenvalue weighted by Crippen LogP contribution is -2.42. The number of anilines is 1. The second-order valence-corrected chi connectivity index (χ2v) is 8.31. The summed E-state index contributed by atoms with van der Waals surface area (Å²) in [5.74, 6) is -0.503. The molecule has 2 aromatic carbocycles. The minimum atomic E-state index is -0.465. The lowest BCUT2D eigenvalue weighted by atomic mass is 10.0. The summed E-state index contributed by atoms with van der Waals surface area (Å²) >= 11 is 1.37. The van der Waals surface area contributed by atoms with Gasteiger partial charge in [-0.25, -0.2) is 0 Å². The molecule has 150 valence electrons. The molecule has 1 saturated heterocycles. The molecule has 2 amide bonds. The van der Waals surface area contributed by atoms with Crippen molar-refractivity contribution >= 4 is 38.9 Å². The van der Waals surface area contributed by atoms with E-state index in [2.05, 4.69) is 0 Å². The number of rotatable bonds is 4. The van der Waals surface area contributed by atoms with E-state index in [-0.39, 0.29) is 12.0 Å². The molecule has 29 heavy (non-hydrogen) atoms. The second-order valence-electron chi connectivity index (χ2n) is 7.26. The van der Waals surface area contributed by atoms with E-state index < -0.39 is 5.91 Å². The van der Waals surface area contributed by atoms with Gasteiger partial charge in [0.1, 0.15) is 6.10 Å². The summed E-state index contributed by atoms with van der Waals surface area (Å²) in [5, 5.41) is 0.959. The number of primary amides is 1. The number of thiophene rings is 1. The van der Waals surface area contributed by atoms with E-state index in [1.807, 2.05) is 67.5 Å². The SMILES string of the molecule is CN(C)c1ccc(C(=O)N2CCO[C@H](c3c(C(N)=O)sc4ccccc34)C2)cc1. The van der Waals surface area contributed by atoms with Crippen molar-refractivity contribution in [2.45, 2.75) is 6.10 Å². The number of carbonyl (C=O) groups is 2. The van der Waals surface area contributed by atoms with Crippen molar-refractivity contribution in [3.63, 3.8) is 0 Å². The molecule has 7 heteroatoms. The molecule has 0 saturated carbocycles. The van der Waals surface area contributed by atoms with Crippen LogP contribution in [0.1, 0.15) is 31.7 Å². The van der Waals surface area contributed by atoms with E-state index in [1.54, 1.807) is 4.90 Å². The fraction of sp³-hybridized carbons (Fsp3) is 0.273. The van der Waals surface area contributed by atoms with Crippen LogP contribution in [0.5, 0.6) is 0 Å². The number of hydrogen-bond acceptors (Lipinski definition) is 5. The smallest absolute Gasteiger partial charge is 0.259 e. The first-order chi connectivity index (χ1) is 14.0. The molecular weight excluding hydrogens is 386 g/mol. The summed E-state index contributed by atoms with van der Waals surface area (Å²) in [6.45, 7) is 1.31. The maximum atomic E-state index is 13.0. The van der Waals surface area contributed by atoms with Gasteiger partial charge in [0.05, 0.1) is 18.0 Å². The second kappa shape index (κ2) is 7.85. The number of ether oxygens (including phenoxy) is 1. The van der Waals surface area contributed by atoms with Gasteiger partial charge < -0.3 is 20.3 Å². The summed E-state index contributed by atoms with van der Waals surface area (Å²) in [7, 11) is 3.93. The molecule has 0 aliphatic carbocycles. The monoisotopic (exact) mass is 409 g/mol. The maximum absolute atomic E-state index is 13.0. The number of fused-ring (bicyclic) bond motifs is 1. The van der Waals surface area contributed by atoms with Gasteiger partial charge in [0.2, 0.25) is 0 Å². The van der Waals surface area contributed by atoms with E-state index in [0.717, 1.165) is 21.3 Å². The van der Waals surface area contributed by atoms with Crippen LogP contribution >= 0.6 is 11.3 Å². The maximum Gasteiger partial charge on any atom is 0.259 e. The minimum Gasteiger partial charge on any atom is -0.378 e. The van der Waals surface area contributed by atoms with Gasteiger partial charge in [0, 0.05) is 42.2 Å². The Labute approximate surface area is 173 Å². The van der Waals surface area contributed by atoms with Gasteiger partial charge in [0.25, 0.3) is 11.8 Å². The van der Waals surface area contributed by atoms with Gasteiger partial charge in [-0.3, -0.25) is 9.59 Å². The number of nitrogens with two attached hydrogens (primary N) is 1. The average Bonchev–Trinajstić information content (AvgIpc) is 3.13. The van der Waals surface area contributed by atoms with E-state index in [1.165, 1.54) is 11.3 Å². The normalized spacial score (nSPS) is 16.8. The number of morpholine rings is 1. The van der Waals surface area contributed by atoms with Crippen molar-refractivity contribution in [1.29, 1.82) is 0 Å². The molecule has 0 bridgehead atoms. The Morgan fingerprint density at radius 2 is 1.86 bits per heavy atom. The van der Waals surface area contributed by atoms with Crippen molar-refractivity contribution in [1.82, 2.24) is 4.90 Å². The fourth-order valence-corrected chi connectivity index (χ4v) is 4.77. The lowest BCUT2D eigenvalue weighted by Gasteiger charge is -2.33. The molecule has 0 spiro atoms. The van der Waals surface area contributed by atoms with Crippen molar-refractivity contribution in [2.24, 2.45) is 5.73 Å². The van der Waals surface area contributed by atoms with Crippen LogP contribution in [-0.4, -0.2) is 50.5 Å². The van der Waals surface area contributed by atoms with Crippen LogP contribution in [0.15, 0.2) is 48.5 Å². The van der Waals surface area contributed by atoms with Gasteiger partial charge in [0.15, 0.2) is 0 Å². The predicted molar refractivity (Wildman–Crippen MR) is 116 cm³/mol. The molecule has 6 nitrogen and oxygen atoms in total. The highest BCUT2D eigenvalue weighted by Crippen LogP contribution is 2.38. The molecule has 0 unspecified atom stereocenters. The van der Waals surface area contributed by atoms with Crippen LogP contribution in [0.25, 0.3) is 10.1 Å². The van der Waals surface area contributed by atoms with Crippen molar-refractivity contribution in [3.8, 4) is 0 Å². The molecule has 1 aromatic heterocycles. The third-order valence-corrected chi connectivity index (χ3v) is 6.37. The topological polar surface area (TPSA) is 75.9 Å². The zero-order chi connectivity index (χ0) is 20.5. The number of hydrogen-bond donors (Lipinski definition) is 1. The first kappa shape index (κ1) is 19.4. The molecule has 1 aliphatic rings. The first-order valence-electron chi connectivity index (χ1n) is 9.45. The van der Waals surface area contributed by atoms with Gasteiger partial charge in [-0.1, -0.05) is 18.2 Å². The number of benzene rings is 2. The zero-order valence-electron chi connectivity index (χ0n) is 16.4. The van der Waals surface area contributed by atoms with Crippen molar-refractivity contribution < 1.29 is 14.3 Å². The first-order valence-corrected chi connectivity index (χ1v) is 10.3. The highest BCUT2D eigenvalue weighted by atomic mass is 32.1. The molecule has 2 N–H and O–H groups in total. The average molecular weight is 410 g/mol. The Morgan fingerprint density at radius 3 is 2.55 bits per heavy atom. The largest absolute Gasteiger partial charge is 0.378 e. The highest BCUT2D eigenvalue weighted by Gasteiger charge is 2.31. The van der Waals surface area contributed by atoms with Crippen molar-refractivity contribution in [2.75, 3.05) is 38.7 Å². The van der Waals surface area contributed by atoms with Crippen LogP contribution in [0.4, 0.5) is 5.69 Å². The Balaban J connectivity index is 1.62. The summed E-state index contributed by atoms with van der Waals surface area (Å²) in [6, 6.07) is 15.4. The predicted octanol–water partition coefficient (Wildman–Crippen LogP) is 3.28. The lowest BCUT2D eigenvalue weighted by molar-refractivity contribution is -0.0222. The van der Waals surface area contributed by atoms with E-state index >= 15 is 0 Å². The Bertz CT molecular complexity index is 1060. The zero-order valence-corrected chi connectivity index (χ0v) is 17.2. The molecule has 2 heterocycles. The van der Waals surface area contributed by atoms with E-state index in [9.17, 15) is 9.59 Å². The van der Waals surface area contributed by atoms with Gasteiger partial charge in [-0.15, -0.1) is 11.3 Å². The Kier molecular flexibility index (Phi) is 5.25. The summed E-state index contributed by atoms with van der Waals surface area (Å²) < 4.78 is 6.98. The minimum absolute atomic E-state index is 0.0382. The number of nitrogens with zero attached hydrogens (tertiary/aromatic N) is 2. The highest BCUT2D eigenvalue weighted by molar-refractivity contribution is 7.21. The molecule has 1 atom stereocenters. The third kappa shape index (κ3) is 3.71. The van der Waals surface area contributed by atoms with Gasteiger partial charge in [-0.05, 0) is 35.7 Å². The van der Waals surface area contributed by atoms with Gasteiger partial charge in [-0.2, -0.15) is 0 Å². The van der Waals surface area contributed by atoms with E-state index in [0.29, 0.717) is 30.1 Å². The third-order valence-electron chi connectivity index (χ3n) is 5.16. The Morgan fingerprint density at radius 1 is 1.14 bits per heavy atom. The van der Waals surface area contributed by atoms with Crippen LogP contribution in [0.2, 0.25) is 0 Å². The fourth-order valence-electron chi connectivity index (χ4n) is 3.66. The summed E-state index contributed by atoms with van der Waals surface area (Å²) in [5.41, 5.74) is 8.11. The van der Waals surface area contributed by atoms with Crippen LogP contribution in [0, 0.1) is 0 Å². The molecular formula is C22H23N3O3S.